The summed E-state index contributed by atoms with van der Waals surface area (Å²) in [5.74, 6) is -1.06. The Morgan fingerprint density at radius 1 is 1.03 bits per heavy atom. The van der Waals surface area contributed by atoms with Gasteiger partial charge in [-0.05, 0) is 55.5 Å². The minimum absolute atomic E-state index is 0.0142. The standard InChI is InChI=1S/C23H15F4N7O2/c1-12-10-18(29-20(35)13-2-4-14(5-3-13)23(25,26)27)34(32-12)22-30-19-17(21(36)31-22)11-28-33(19)16-8-6-15(24)7-9-16/h2-11H,1H3,(H,29,35)(H,30,31,36). The number of aromatic nitrogens is 6. The summed E-state index contributed by atoms with van der Waals surface area (Å²) >= 11 is 0. The van der Waals surface area contributed by atoms with Crippen molar-refractivity contribution in [3.8, 4) is 11.6 Å². The molecule has 0 saturated carbocycles. The zero-order valence-electron chi connectivity index (χ0n) is 18.3. The number of H-pyrrole nitrogens is 1. The van der Waals surface area contributed by atoms with Gasteiger partial charge in [-0.15, -0.1) is 0 Å². The number of hydrogen-bond donors (Lipinski definition) is 2. The molecule has 0 bridgehead atoms. The molecule has 3 aromatic heterocycles. The molecule has 0 aliphatic carbocycles. The number of aromatic amines is 1. The van der Waals surface area contributed by atoms with Crippen LogP contribution in [0.3, 0.4) is 0 Å². The van der Waals surface area contributed by atoms with Gasteiger partial charge >= 0.3 is 6.18 Å². The van der Waals surface area contributed by atoms with Gasteiger partial charge in [0.2, 0.25) is 5.95 Å². The average molecular weight is 497 g/mol. The third kappa shape index (κ3) is 4.21. The van der Waals surface area contributed by atoms with E-state index in [0.717, 1.165) is 24.3 Å². The van der Waals surface area contributed by atoms with Gasteiger partial charge in [-0.2, -0.15) is 33.0 Å². The molecule has 182 valence electrons. The summed E-state index contributed by atoms with van der Waals surface area (Å²) in [6.07, 6.45) is -3.21. The van der Waals surface area contributed by atoms with Gasteiger partial charge < -0.3 is 5.32 Å². The monoisotopic (exact) mass is 497 g/mol. The highest BCUT2D eigenvalue weighted by atomic mass is 19.4. The molecule has 2 aromatic carbocycles. The molecule has 0 fully saturated rings. The van der Waals surface area contributed by atoms with E-state index in [2.05, 4.69) is 25.5 Å². The number of alkyl halides is 3. The molecule has 0 aliphatic heterocycles. The largest absolute Gasteiger partial charge is 0.416 e. The second-order valence-corrected chi connectivity index (χ2v) is 7.77. The smallest absolute Gasteiger partial charge is 0.306 e. The molecule has 0 aliphatic rings. The number of carbonyl (C=O) groups excluding carboxylic acids is 1. The molecule has 0 spiro atoms. The van der Waals surface area contributed by atoms with Crippen LogP contribution < -0.4 is 10.9 Å². The minimum atomic E-state index is -4.53. The first-order valence-electron chi connectivity index (χ1n) is 10.4. The van der Waals surface area contributed by atoms with Gasteiger partial charge in [-0.1, -0.05) is 0 Å². The fraction of sp³-hybridized carbons (Fsp3) is 0.0870. The highest BCUT2D eigenvalue weighted by Gasteiger charge is 2.30. The van der Waals surface area contributed by atoms with E-state index in [-0.39, 0.29) is 28.4 Å². The van der Waals surface area contributed by atoms with Crippen LogP contribution in [0.2, 0.25) is 0 Å². The number of amides is 1. The van der Waals surface area contributed by atoms with Gasteiger partial charge in [-0.3, -0.25) is 14.6 Å². The van der Waals surface area contributed by atoms with Crippen LogP contribution in [0.15, 0.2) is 65.6 Å². The van der Waals surface area contributed by atoms with Crippen molar-refractivity contribution in [3.63, 3.8) is 0 Å². The van der Waals surface area contributed by atoms with Crippen molar-refractivity contribution in [1.82, 2.24) is 29.5 Å². The Kier molecular flexibility index (Phi) is 5.39. The topological polar surface area (TPSA) is 110 Å². The third-order valence-corrected chi connectivity index (χ3v) is 5.24. The van der Waals surface area contributed by atoms with Crippen LogP contribution in [-0.2, 0) is 6.18 Å². The zero-order valence-corrected chi connectivity index (χ0v) is 18.3. The lowest BCUT2D eigenvalue weighted by Gasteiger charge is -2.10. The van der Waals surface area contributed by atoms with Crippen molar-refractivity contribution in [2.45, 2.75) is 13.1 Å². The van der Waals surface area contributed by atoms with Gasteiger partial charge in [-0.25, -0.2) is 9.07 Å². The molecule has 0 unspecified atom stereocenters. The molecule has 2 N–H and O–H groups in total. The second kappa shape index (κ2) is 8.45. The lowest BCUT2D eigenvalue weighted by molar-refractivity contribution is -0.137. The number of anilines is 1. The van der Waals surface area contributed by atoms with Crippen LogP contribution in [0.1, 0.15) is 21.6 Å². The van der Waals surface area contributed by atoms with E-state index in [1.807, 2.05) is 0 Å². The Morgan fingerprint density at radius 3 is 2.39 bits per heavy atom. The molecule has 9 nitrogen and oxygen atoms in total. The fourth-order valence-corrected chi connectivity index (χ4v) is 3.53. The average Bonchev–Trinajstić information content (AvgIpc) is 3.42. The van der Waals surface area contributed by atoms with Crippen LogP contribution in [-0.4, -0.2) is 35.4 Å². The van der Waals surface area contributed by atoms with E-state index in [1.165, 1.54) is 45.9 Å². The maximum atomic E-state index is 13.3. The minimum Gasteiger partial charge on any atom is -0.306 e. The molecular formula is C23H15F4N7O2. The van der Waals surface area contributed by atoms with E-state index in [9.17, 15) is 27.2 Å². The number of benzene rings is 2. The van der Waals surface area contributed by atoms with Crippen LogP contribution >= 0.6 is 0 Å². The Labute approximate surface area is 199 Å². The SMILES string of the molecule is Cc1cc(NC(=O)c2ccc(C(F)(F)F)cc2)n(-c2nc3c(cnn3-c3ccc(F)cc3)c(=O)[nH]2)n1. The van der Waals surface area contributed by atoms with Crippen molar-refractivity contribution >= 4 is 22.8 Å². The molecule has 36 heavy (non-hydrogen) atoms. The Balaban J connectivity index is 1.52. The van der Waals surface area contributed by atoms with E-state index < -0.39 is 29.0 Å². The second-order valence-electron chi connectivity index (χ2n) is 7.77. The first kappa shape index (κ1) is 23.0. The molecule has 5 rings (SSSR count). The highest BCUT2D eigenvalue weighted by molar-refractivity contribution is 6.04. The summed E-state index contributed by atoms with van der Waals surface area (Å²) in [5.41, 5.74) is -0.340. The maximum absolute atomic E-state index is 13.3. The summed E-state index contributed by atoms with van der Waals surface area (Å²) in [4.78, 5) is 32.4. The van der Waals surface area contributed by atoms with Crippen molar-refractivity contribution < 1.29 is 22.4 Å². The first-order chi connectivity index (χ1) is 17.1. The lowest BCUT2D eigenvalue weighted by atomic mass is 10.1. The predicted octanol–water partition coefficient (Wildman–Crippen LogP) is 4.01. The van der Waals surface area contributed by atoms with Gasteiger partial charge in [0, 0.05) is 11.6 Å². The van der Waals surface area contributed by atoms with Crippen molar-refractivity contribution in [1.29, 1.82) is 0 Å². The number of aryl methyl sites for hydroxylation is 1. The molecule has 1 amide bonds. The Morgan fingerprint density at radius 2 is 1.72 bits per heavy atom. The zero-order chi connectivity index (χ0) is 25.6. The van der Waals surface area contributed by atoms with Gasteiger partial charge in [0.25, 0.3) is 11.5 Å². The molecule has 5 aromatic rings. The number of rotatable bonds is 4. The summed E-state index contributed by atoms with van der Waals surface area (Å²) in [6.45, 7) is 1.64. The van der Waals surface area contributed by atoms with Crippen molar-refractivity contribution in [2.75, 3.05) is 5.32 Å². The van der Waals surface area contributed by atoms with E-state index in [0.29, 0.717) is 11.4 Å². The van der Waals surface area contributed by atoms with Crippen LogP contribution in [0.4, 0.5) is 23.4 Å². The van der Waals surface area contributed by atoms with E-state index in [4.69, 9.17) is 0 Å². The van der Waals surface area contributed by atoms with Gasteiger partial charge in [0.15, 0.2) is 5.65 Å². The molecule has 0 atom stereocenters. The van der Waals surface area contributed by atoms with Gasteiger partial charge in [0.05, 0.1) is 23.1 Å². The summed E-state index contributed by atoms with van der Waals surface area (Å²) in [7, 11) is 0. The molecule has 0 saturated heterocycles. The fourth-order valence-electron chi connectivity index (χ4n) is 3.53. The summed E-state index contributed by atoms with van der Waals surface area (Å²) in [5, 5.41) is 11.2. The van der Waals surface area contributed by atoms with Crippen LogP contribution in [0.5, 0.6) is 0 Å². The Bertz CT molecular complexity index is 1650. The quantitative estimate of drug-likeness (QED) is 0.365. The number of nitrogens with one attached hydrogen (secondary N) is 2. The number of carbonyl (C=O) groups is 1. The molecule has 0 radical (unpaired) electrons. The molecule has 3 heterocycles. The molecule has 13 heteroatoms. The number of halogens is 4. The Hall–Kier alpha value is -4.81. The third-order valence-electron chi connectivity index (χ3n) is 5.24. The van der Waals surface area contributed by atoms with Crippen LogP contribution in [0.25, 0.3) is 22.7 Å². The predicted molar refractivity (Wildman–Crippen MR) is 121 cm³/mol. The maximum Gasteiger partial charge on any atom is 0.416 e. The highest BCUT2D eigenvalue weighted by Crippen LogP contribution is 2.29. The normalized spacial score (nSPS) is 11.7. The number of fused-ring (bicyclic) bond motifs is 1. The molecular weight excluding hydrogens is 482 g/mol. The van der Waals surface area contributed by atoms with E-state index in [1.54, 1.807) is 6.92 Å². The van der Waals surface area contributed by atoms with Crippen LogP contribution in [0, 0.1) is 12.7 Å². The van der Waals surface area contributed by atoms with Crippen molar-refractivity contribution in [2.24, 2.45) is 0 Å². The number of hydrogen-bond acceptors (Lipinski definition) is 5. The number of nitrogens with zero attached hydrogens (tertiary/aromatic N) is 5. The van der Waals surface area contributed by atoms with E-state index >= 15 is 0 Å². The van der Waals surface area contributed by atoms with Crippen molar-refractivity contribution in [3.05, 3.63) is 93.8 Å². The summed E-state index contributed by atoms with van der Waals surface area (Å²) < 4.78 is 54.3. The van der Waals surface area contributed by atoms with Gasteiger partial charge in [0.1, 0.15) is 17.0 Å². The lowest BCUT2D eigenvalue weighted by Crippen LogP contribution is -2.19. The summed E-state index contributed by atoms with van der Waals surface area (Å²) in [6, 6.07) is 10.6. The first-order valence-corrected chi connectivity index (χ1v) is 10.4.